The Morgan fingerprint density at radius 2 is 2.05 bits per heavy atom. The summed E-state index contributed by atoms with van der Waals surface area (Å²) in [5.41, 5.74) is 1.36. The van der Waals surface area contributed by atoms with Crippen LogP contribution in [0.1, 0.15) is 64.4 Å². The standard InChI is InChI=1S/C18H29NO/c1-4-14(3)17-11-6-7-12-18(17)20-16-10-8-9-15(13-16)19-5-2/h6-7,11-12,14-16,19H,4-5,8-10,13H2,1-3H3. The number of hydrogen-bond acceptors (Lipinski definition) is 2. The normalized spacial score (nSPS) is 24.4. The fourth-order valence-electron chi connectivity index (χ4n) is 3.12. The molecule has 0 heterocycles. The van der Waals surface area contributed by atoms with Crippen LogP contribution in [0, 0.1) is 0 Å². The van der Waals surface area contributed by atoms with E-state index in [1.165, 1.54) is 24.8 Å². The second kappa shape index (κ2) is 7.68. The molecule has 0 spiro atoms. The maximum atomic E-state index is 6.35. The van der Waals surface area contributed by atoms with Crippen LogP contribution >= 0.6 is 0 Å². The minimum Gasteiger partial charge on any atom is -0.490 e. The van der Waals surface area contributed by atoms with Gasteiger partial charge in [-0.3, -0.25) is 0 Å². The minimum atomic E-state index is 0.373. The highest BCUT2D eigenvalue weighted by atomic mass is 16.5. The van der Waals surface area contributed by atoms with Gasteiger partial charge in [0.05, 0.1) is 0 Å². The van der Waals surface area contributed by atoms with Crippen LogP contribution in [-0.4, -0.2) is 18.7 Å². The molecule has 112 valence electrons. The molecule has 0 saturated heterocycles. The van der Waals surface area contributed by atoms with Crippen molar-refractivity contribution >= 4 is 0 Å². The van der Waals surface area contributed by atoms with Crippen molar-refractivity contribution in [3.05, 3.63) is 29.8 Å². The molecule has 1 aromatic carbocycles. The highest BCUT2D eigenvalue weighted by molar-refractivity contribution is 5.36. The second-order valence-corrected chi connectivity index (χ2v) is 6.01. The molecule has 3 atom stereocenters. The zero-order chi connectivity index (χ0) is 14.4. The van der Waals surface area contributed by atoms with E-state index in [1.807, 2.05) is 0 Å². The molecule has 2 heteroatoms. The van der Waals surface area contributed by atoms with Crippen molar-refractivity contribution in [2.45, 2.75) is 70.9 Å². The SMILES string of the molecule is CCNC1CCCC(Oc2ccccc2C(C)CC)C1. The monoisotopic (exact) mass is 275 g/mol. The van der Waals surface area contributed by atoms with Crippen LogP contribution in [0.5, 0.6) is 5.75 Å². The van der Waals surface area contributed by atoms with E-state index in [-0.39, 0.29) is 0 Å². The Hall–Kier alpha value is -1.02. The number of benzene rings is 1. The molecular formula is C18H29NO. The van der Waals surface area contributed by atoms with Gasteiger partial charge in [-0.25, -0.2) is 0 Å². The van der Waals surface area contributed by atoms with Crippen LogP contribution in [0.2, 0.25) is 0 Å². The molecule has 0 bridgehead atoms. The summed E-state index contributed by atoms with van der Waals surface area (Å²) in [6.45, 7) is 7.76. The molecule has 1 aliphatic carbocycles. The molecule has 0 aliphatic heterocycles. The van der Waals surface area contributed by atoms with Gasteiger partial charge in [0.15, 0.2) is 0 Å². The largest absolute Gasteiger partial charge is 0.490 e. The van der Waals surface area contributed by atoms with E-state index in [0.29, 0.717) is 18.1 Å². The lowest BCUT2D eigenvalue weighted by atomic mass is 9.92. The Morgan fingerprint density at radius 3 is 2.80 bits per heavy atom. The van der Waals surface area contributed by atoms with Gasteiger partial charge >= 0.3 is 0 Å². The summed E-state index contributed by atoms with van der Waals surface area (Å²) >= 11 is 0. The summed E-state index contributed by atoms with van der Waals surface area (Å²) in [4.78, 5) is 0. The van der Waals surface area contributed by atoms with Gasteiger partial charge in [-0.15, -0.1) is 0 Å². The van der Waals surface area contributed by atoms with E-state index in [1.54, 1.807) is 0 Å². The van der Waals surface area contributed by atoms with E-state index in [9.17, 15) is 0 Å². The van der Waals surface area contributed by atoms with Crippen LogP contribution in [0.4, 0.5) is 0 Å². The highest BCUT2D eigenvalue weighted by Crippen LogP contribution is 2.31. The quantitative estimate of drug-likeness (QED) is 0.825. The van der Waals surface area contributed by atoms with Crippen LogP contribution in [0.15, 0.2) is 24.3 Å². The first-order valence-corrected chi connectivity index (χ1v) is 8.23. The minimum absolute atomic E-state index is 0.373. The van der Waals surface area contributed by atoms with E-state index < -0.39 is 0 Å². The van der Waals surface area contributed by atoms with Gasteiger partial charge in [-0.05, 0) is 56.2 Å². The van der Waals surface area contributed by atoms with Crippen molar-refractivity contribution in [3.63, 3.8) is 0 Å². The van der Waals surface area contributed by atoms with Crippen LogP contribution in [0.25, 0.3) is 0 Å². The van der Waals surface area contributed by atoms with Gasteiger partial charge in [-0.2, -0.15) is 0 Å². The lowest BCUT2D eigenvalue weighted by Gasteiger charge is -2.31. The lowest BCUT2D eigenvalue weighted by molar-refractivity contribution is 0.133. The number of nitrogens with one attached hydrogen (secondary N) is 1. The van der Waals surface area contributed by atoms with Crippen LogP contribution < -0.4 is 10.1 Å². The fourth-order valence-corrected chi connectivity index (χ4v) is 3.12. The molecule has 0 aromatic heterocycles. The summed E-state index contributed by atoms with van der Waals surface area (Å²) in [5, 5.41) is 3.57. The molecule has 1 saturated carbocycles. The smallest absolute Gasteiger partial charge is 0.123 e. The maximum Gasteiger partial charge on any atom is 0.123 e. The Bertz CT molecular complexity index is 402. The Morgan fingerprint density at radius 1 is 1.25 bits per heavy atom. The first-order valence-electron chi connectivity index (χ1n) is 8.23. The average molecular weight is 275 g/mol. The van der Waals surface area contributed by atoms with Gasteiger partial charge in [0, 0.05) is 6.04 Å². The maximum absolute atomic E-state index is 6.35. The Labute approximate surface area is 123 Å². The number of para-hydroxylation sites is 1. The third kappa shape index (κ3) is 3.99. The molecule has 0 radical (unpaired) electrons. The molecule has 1 aliphatic rings. The van der Waals surface area contributed by atoms with Gasteiger partial charge in [0.1, 0.15) is 11.9 Å². The molecular weight excluding hydrogens is 246 g/mol. The van der Waals surface area contributed by atoms with Gasteiger partial charge in [0.2, 0.25) is 0 Å². The third-order valence-corrected chi connectivity index (χ3v) is 4.47. The van der Waals surface area contributed by atoms with Crippen molar-refractivity contribution in [1.29, 1.82) is 0 Å². The molecule has 1 fully saturated rings. The van der Waals surface area contributed by atoms with E-state index in [4.69, 9.17) is 4.74 Å². The summed E-state index contributed by atoms with van der Waals surface area (Å²) in [5.74, 6) is 1.67. The van der Waals surface area contributed by atoms with Crippen molar-refractivity contribution in [1.82, 2.24) is 5.32 Å². The Kier molecular flexibility index (Phi) is 5.90. The van der Waals surface area contributed by atoms with Gasteiger partial charge in [0.25, 0.3) is 0 Å². The summed E-state index contributed by atoms with van der Waals surface area (Å²) in [6.07, 6.45) is 6.43. The molecule has 1 aromatic rings. The first-order chi connectivity index (χ1) is 9.74. The van der Waals surface area contributed by atoms with Crippen LogP contribution in [0.3, 0.4) is 0 Å². The van der Waals surface area contributed by atoms with Gasteiger partial charge < -0.3 is 10.1 Å². The molecule has 20 heavy (non-hydrogen) atoms. The van der Waals surface area contributed by atoms with E-state index in [2.05, 4.69) is 50.4 Å². The summed E-state index contributed by atoms with van der Waals surface area (Å²) in [6, 6.07) is 9.20. The predicted octanol–water partition coefficient (Wildman–Crippen LogP) is 4.50. The predicted molar refractivity (Wildman–Crippen MR) is 85.5 cm³/mol. The zero-order valence-corrected chi connectivity index (χ0v) is 13.2. The average Bonchev–Trinajstić information content (AvgIpc) is 2.48. The number of ether oxygens (including phenoxy) is 1. The highest BCUT2D eigenvalue weighted by Gasteiger charge is 2.23. The lowest BCUT2D eigenvalue weighted by Crippen LogP contribution is -2.38. The molecule has 0 amide bonds. The molecule has 2 nitrogen and oxygen atoms in total. The fraction of sp³-hybridized carbons (Fsp3) is 0.667. The molecule has 1 N–H and O–H groups in total. The molecule has 2 rings (SSSR count). The van der Waals surface area contributed by atoms with Crippen molar-refractivity contribution in [2.24, 2.45) is 0 Å². The van der Waals surface area contributed by atoms with E-state index in [0.717, 1.165) is 25.1 Å². The number of hydrogen-bond donors (Lipinski definition) is 1. The summed E-state index contributed by atoms with van der Waals surface area (Å²) < 4.78 is 6.35. The first kappa shape index (κ1) is 15.4. The third-order valence-electron chi connectivity index (χ3n) is 4.47. The van der Waals surface area contributed by atoms with Crippen LogP contribution in [-0.2, 0) is 0 Å². The topological polar surface area (TPSA) is 21.3 Å². The zero-order valence-electron chi connectivity index (χ0n) is 13.2. The number of rotatable bonds is 6. The van der Waals surface area contributed by atoms with Crippen molar-refractivity contribution in [2.75, 3.05) is 6.54 Å². The Balaban J connectivity index is 2.02. The second-order valence-electron chi connectivity index (χ2n) is 6.01. The van der Waals surface area contributed by atoms with E-state index >= 15 is 0 Å². The van der Waals surface area contributed by atoms with Gasteiger partial charge in [-0.1, -0.05) is 39.0 Å². The molecule has 3 unspecified atom stereocenters. The van der Waals surface area contributed by atoms with Crippen molar-refractivity contribution in [3.8, 4) is 5.75 Å². The van der Waals surface area contributed by atoms with Crippen molar-refractivity contribution < 1.29 is 4.74 Å². The summed E-state index contributed by atoms with van der Waals surface area (Å²) in [7, 11) is 0.